The molecule has 15 heteroatoms. The molecule has 1 aliphatic rings. The molecule has 0 saturated heterocycles. The van der Waals surface area contributed by atoms with Gasteiger partial charge in [-0.05, 0) is 60.9 Å². The van der Waals surface area contributed by atoms with Crippen molar-refractivity contribution in [2.45, 2.75) is 23.6 Å². The molecule has 0 amide bonds. The van der Waals surface area contributed by atoms with Crippen molar-refractivity contribution in [3.8, 4) is 0 Å². The fourth-order valence-electron chi connectivity index (χ4n) is 3.88. The second-order valence-electron chi connectivity index (χ2n) is 7.87. The van der Waals surface area contributed by atoms with Crippen LogP contribution in [0.25, 0.3) is 5.57 Å². The molecule has 0 spiro atoms. The van der Waals surface area contributed by atoms with Gasteiger partial charge in [0.25, 0.3) is 30.4 Å². The molecule has 0 unspecified atom stereocenters. The van der Waals surface area contributed by atoms with Crippen molar-refractivity contribution in [3.63, 3.8) is 0 Å². The average molecular weight is 570 g/mol. The molecule has 0 bridgehead atoms. The minimum absolute atomic E-state index is 0.0219. The van der Waals surface area contributed by atoms with E-state index in [2.05, 4.69) is 4.99 Å². The van der Waals surface area contributed by atoms with Gasteiger partial charge in [-0.15, -0.1) is 0 Å². The van der Waals surface area contributed by atoms with Crippen LogP contribution in [0.15, 0.2) is 79.4 Å². The molecule has 0 saturated carbocycles. The predicted molar refractivity (Wildman–Crippen MR) is 139 cm³/mol. The number of nitrogens with two attached hydrogens (primary N) is 2. The van der Waals surface area contributed by atoms with Crippen molar-refractivity contribution in [1.29, 1.82) is 0 Å². The second kappa shape index (κ2) is 9.85. The highest BCUT2D eigenvalue weighted by Gasteiger charge is 2.31. The molecule has 3 rings (SSSR count). The van der Waals surface area contributed by atoms with E-state index < -0.39 is 45.1 Å². The van der Waals surface area contributed by atoms with Gasteiger partial charge in [0.2, 0.25) is 0 Å². The topological polar surface area (TPSA) is 228 Å². The van der Waals surface area contributed by atoms with Gasteiger partial charge in [-0.3, -0.25) is 18.7 Å². The smallest absolute Gasteiger partial charge is 0.296 e. The summed E-state index contributed by atoms with van der Waals surface area (Å²) in [6.07, 6.45) is 2.67. The van der Waals surface area contributed by atoms with Crippen LogP contribution in [0.2, 0.25) is 0 Å². The quantitative estimate of drug-likeness (QED) is 0.250. The summed E-state index contributed by atoms with van der Waals surface area (Å²) >= 11 is 0. The van der Waals surface area contributed by atoms with Crippen molar-refractivity contribution in [2.75, 3.05) is 18.0 Å². The van der Waals surface area contributed by atoms with E-state index in [1.807, 2.05) is 0 Å². The van der Waals surface area contributed by atoms with E-state index in [9.17, 15) is 38.9 Å². The first-order valence-corrected chi connectivity index (χ1v) is 14.7. The van der Waals surface area contributed by atoms with Gasteiger partial charge in [0.05, 0.1) is 11.4 Å². The Morgan fingerprint density at radius 1 is 0.838 bits per heavy atom. The van der Waals surface area contributed by atoms with Gasteiger partial charge in [0.1, 0.15) is 14.7 Å². The Balaban J connectivity index is 2.65. The Morgan fingerprint density at radius 3 is 2.00 bits per heavy atom. The van der Waals surface area contributed by atoms with Crippen molar-refractivity contribution >= 4 is 53.0 Å². The van der Waals surface area contributed by atoms with Gasteiger partial charge in [-0.25, -0.2) is 0 Å². The fourth-order valence-corrected chi connectivity index (χ4v) is 6.19. The predicted octanol–water partition coefficient (Wildman–Crippen LogP) is 2.34. The minimum Gasteiger partial charge on any atom is -0.399 e. The molecule has 2 aromatic carbocycles. The number of nitrogen functional groups attached to an aromatic ring is 2. The lowest BCUT2D eigenvalue weighted by Gasteiger charge is -2.22. The van der Waals surface area contributed by atoms with Gasteiger partial charge in [-0.2, -0.15) is 25.3 Å². The Labute approximate surface area is 214 Å². The maximum atomic E-state index is 12.6. The molecule has 0 heterocycles. The molecule has 0 aromatic heterocycles. The summed E-state index contributed by atoms with van der Waals surface area (Å²) in [6, 6.07) is 6.61. The van der Waals surface area contributed by atoms with Crippen molar-refractivity contribution < 1.29 is 38.9 Å². The number of rotatable bonds is 6. The Hall–Kier alpha value is -3.34. The van der Waals surface area contributed by atoms with Gasteiger partial charge in [-0.1, -0.05) is 18.2 Å². The van der Waals surface area contributed by atoms with E-state index in [0.29, 0.717) is 0 Å². The lowest BCUT2D eigenvalue weighted by molar-refractivity contribution is 0.481. The molecule has 7 N–H and O–H groups in total. The van der Waals surface area contributed by atoms with E-state index >= 15 is 0 Å². The third-order valence-corrected chi connectivity index (χ3v) is 8.21. The summed E-state index contributed by atoms with van der Waals surface area (Å²) in [5, 5.41) is 0. The average Bonchev–Trinajstić information content (AvgIpc) is 2.75. The van der Waals surface area contributed by atoms with Crippen LogP contribution in [0.1, 0.15) is 25.0 Å². The molecule has 198 valence electrons. The van der Waals surface area contributed by atoms with E-state index in [1.165, 1.54) is 37.3 Å². The van der Waals surface area contributed by atoms with E-state index in [4.69, 9.17) is 11.5 Å². The SMILES string of the molecule is CCN=C1C=CC(=C(c2ccc(N)c(S(=O)(=O)O)c2)c2ccc(N)cc2S(=O)(=O)O)C(S(=O)(=O)O)=C1C. The van der Waals surface area contributed by atoms with Gasteiger partial charge in [0.15, 0.2) is 0 Å². The number of benzene rings is 2. The number of hydrogen-bond acceptors (Lipinski definition) is 9. The lowest BCUT2D eigenvalue weighted by atomic mass is 9.88. The van der Waals surface area contributed by atoms with Crippen LogP contribution in [0.4, 0.5) is 11.4 Å². The molecule has 1 aliphatic carbocycles. The molecule has 0 atom stereocenters. The first-order valence-electron chi connectivity index (χ1n) is 10.4. The van der Waals surface area contributed by atoms with Crippen LogP contribution in [0, 0.1) is 0 Å². The second-order valence-corrected chi connectivity index (χ2v) is 12.0. The third kappa shape index (κ3) is 5.82. The molecule has 12 nitrogen and oxygen atoms in total. The van der Waals surface area contributed by atoms with Crippen LogP contribution in [0.5, 0.6) is 0 Å². The Kier molecular flexibility index (Phi) is 7.51. The number of hydrogen-bond donors (Lipinski definition) is 5. The zero-order valence-electron chi connectivity index (χ0n) is 19.4. The van der Waals surface area contributed by atoms with Crippen LogP contribution in [-0.4, -0.2) is 51.2 Å². The molecule has 0 fully saturated rings. The molecule has 37 heavy (non-hydrogen) atoms. The lowest BCUT2D eigenvalue weighted by Crippen LogP contribution is -2.17. The molecule has 0 radical (unpaired) electrons. The van der Waals surface area contributed by atoms with Crippen molar-refractivity contribution in [3.05, 3.63) is 75.7 Å². The van der Waals surface area contributed by atoms with Crippen LogP contribution in [-0.2, 0) is 30.4 Å². The molecular weight excluding hydrogens is 546 g/mol. The van der Waals surface area contributed by atoms with Gasteiger partial charge in [0, 0.05) is 23.4 Å². The summed E-state index contributed by atoms with van der Waals surface area (Å²) in [5.74, 6) is 0. The standard InChI is InChI=1S/C22H23N3O9S3/c1-3-25-18-9-7-16(22(12(18)2)37(32,33)34)21(13-4-8-17(24)20(10-13)36(29,30)31)15-6-5-14(23)11-19(15)35(26,27)28/h4-11H,3,23-24H2,1-2H3,(H,26,27,28)(H,29,30,31)(H,32,33,34). The first-order chi connectivity index (χ1) is 17.0. The number of aliphatic imine (C=N–C) groups is 1. The number of nitrogens with zero attached hydrogens (tertiary/aromatic N) is 1. The van der Waals surface area contributed by atoms with Crippen molar-refractivity contribution in [1.82, 2.24) is 0 Å². The van der Waals surface area contributed by atoms with Gasteiger partial charge >= 0.3 is 0 Å². The summed E-state index contributed by atoms with van der Waals surface area (Å²) < 4.78 is 103. The van der Waals surface area contributed by atoms with E-state index in [0.717, 1.165) is 18.2 Å². The highest BCUT2D eigenvalue weighted by atomic mass is 32.2. The highest BCUT2D eigenvalue weighted by Crippen LogP contribution is 2.40. The van der Waals surface area contributed by atoms with E-state index in [-0.39, 0.29) is 51.5 Å². The largest absolute Gasteiger partial charge is 0.399 e. The molecule has 0 aliphatic heterocycles. The van der Waals surface area contributed by atoms with Gasteiger partial charge < -0.3 is 11.5 Å². The summed E-state index contributed by atoms with van der Waals surface area (Å²) in [4.78, 5) is 2.08. The van der Waals surface area contributed by atoms with Crippen LogP contribution in [0.3, 0.4) is 0 Å². The first kappa shape index (κ1) is 28.2. The number of allylic oxidation sites excluding steroid dienone is 4. The van der Waals surface area contributed by atoms with Crippen LogP contribution < -0.4 is 11.5 Å². The Morgan fingerprint density at radius 2 is 1.46 bits per heavy atom. The highest BCUT2D eigenvalue weighted by molar-refractivity contribution is 7.90. The molecule has 2 aromatic rings. The molecular formula is C22H23N3O9S3. The zero-order chi connectivity index (χ0) is 27.9. The Bertz CT molecular complexity index is 1750. The normalized spacial score (nSPS) is 17.4. The number of anilines is 2. The summed E-state index contributed by atoms with van der Waals surface area (Å²) in [6.45, 7) is 3.36. The summed E-state index contributed by atoms with van der Waals surface area (Å²) in [7, 11) is -14.8. The third-order valence-electron chi connectivity index (χ3n) is 5.37. The maximum Gasteiger partial charge on any atom is 0.296 e. The monoisotopic (exact) mass is 569 g/mol. The van der Waals surface area contributed by atoms with Crippen molar-refractivity contribution in [2.24, 2.45) is 4.99 Å². The zero-order valence-corrected chi connectivity index (χ0v) is 21.9. The van der Waals surface area contributed by atoms with E-state index in [1.54, 1.807) is 6.92 Å². The summed E-state index contributed by atoms with van der Waals surface area (Å²) in [5.41, 5.74) is 10.4. The maximum absolute atomic E-state index is 12.6. The minimum atomic E-state index is -4.98. The fraction of sp³-hybridized carbons (Fsp3) is 0.136. The van der Waals surface area contributed by atoms with Crippen LogP contribution >= 0.6 is 0 Å².